The second-order valence-corrected chi connectivity index (χ2v) is 6.03. The zero-order valence-corrected chi connectivity index (χ0v) is 13.5. The first-order valence-corrected chi connectivity index (χ1v) is 7.75. The molecule has 2 N–H and O–H groups in total. The summed E-state index contributed by atoms with van der Waals surface area (Å²) in [5.74, 6) is -0.634. The van der Waals surface area contributed by atoms with Crippen molar-refractivity contribution in [1.82, 2.24) is 5.32 Å². The molecule has 1 saturated heterocycles. The lowest BCUT2D eigenvalue weighted by atomic mass is 9.86. The Labute approximate surface area is 135 Å². The molecule has 1 fully saturated rings. The molecule has 1 aliphatic rings. The van der Waals surface area contributed by atoms with Gasteiger partial charge in [0.1, 0.15) is 5.75 Å². The van der Waals surface area contributed by atoms with Gasteiger partial charge in [-0.15, -0.1) is 0 Å². The molecular formula is C17H23NO5. The number of hydrogen-bond donors (Lipinski definition) is 2. The van der Waals surface area contributed by atoms with E-state index in [1.165, 1.54) is 0 Å². The van der Waals surface area contributed by atoms with E-state index in [2.05, 4.69) is 5.32 Å². The van der Waals surface area contributed by atoms with Gasteiger partial charge in [0.25, 0.3) is 5.91 Å². The summed E-state index contributed by atoms with van der Waals surface area (Å²) in [5, 5.41) is 12.0. The molecule has 1 unspecified atom stereocenters. The Morgan fingerprint density at radius 2 is 1.91 bits per heavy atom. The second-order valence-electron chi connectivity index (χ2n) is 6.03. The van der Waals surface area contributed by atoms with Crippen molar-refractivity contribution in [1.29, 1.82) is 0 Å². The third kappa shape index (κ3) is 4.96. The van der Waals surface area contributed by atoms with Crippen molar-refractivity contribution < 1.29 is 24.2 Å². The summed E-state index contributed by atoms with van der Waals surface area (Å²) in [5.41, 5.74) is 0.351. The summed E-state index contributed by atoms with van der Waals surface area (Å²) in [6.07, 6.45) is 0.162. The maximum atomic E-state index is 12.4. The van der Waals surface area contributed by atoms with Crippen LogP contribution < -0.4 is 10.1 Å². The van der Waals surface area contributed by atoms with Crippen LogP contribution in [0.15, 0.2) is 24.3 Å². The number of amides is 1. The lowest BCUT2D eigenvalue weighted by Gasteiger charge is -2.37. The first kappa shape index (κ1) is 17.3. The molecule has 0 aliphatic carbocycles. The highest BCUT2D eigenvalue weighted by molar-refractivity contribution is 5.82. The number of carboxylic acid groups (broad SMARTS) is 1. The number of carboxylic acids is 1. The van der Waals surface area contributed by atoms with Gasteiger partial charge in [-0.05, 0) is 38.8 Å². The highest BCUT2D eigenvalue weighted by Gasteiger charge is 2.37. The van der Waals surface area contributed by atoms with E-state index in [4.69, 9.17) is 14.6 Å². The van der Waals surface area contributed by atoms with Crippen LogP contribution in [0.3, 0.4) is 0 Å². The first-order chi connectivity index (χ1) is 10.9. The van der Waals surface area contributed by atoms with Crippen molar-refractivity contribution in [2.75, 3.05) is 13.2 Å². The van der Waals surface area contributed by atoms with Gasteiger partial charge in [0.2, 0.25) is 0 Å². The van der Waals surface area contributed by atoms with Crippen LogP contribution in [0.4, 0.5) is 0 Å². The van der Waals surface area contributed by atoms with Gasteiger partial charge >= 0.3 is 5.97 Å². The van der Waals surface area contributed by atoms with E-state index < -0.39 is 17.6 Å². The van der Waals surface area contributed by atoms with Crippen LogP contribution in [-0.4, -0.2) is 41.8 Å². The van der Waals surface area contributed by atoms with E-state index in [9.17, 15) is 9.59 Å². The Morgan fingerprint density at radius 3 is 2.48 bits per heavy atom. The molecular weight excluding hydrogens is 298 g/mol. The lowest BCUT2D eigenvalue weighted by Crippen LogP contribution is -2.56. The Balaban J connectivity index is 1.99. The Kier molecular flexibility index (Phi) is 5.60. The summed E-state index contributed by atoms with van der Waals surface area (Å²) in [6, 6.07) is 7.43. The maximum Gasteiger partial charge on any atom is 0.305 e. The smallest absolute Gasteiger partial charge is 0.305 e. The van der Waals surface area contributed by atoms with E-state index in [0.29, 0.717) is 31.8 Å². The summed E-state index contributed by atoms with van der Waals surface area (Å²) in [4.78, 5) is 23.5. The van der Waals surface area contributed by atoms with E-state index in [-0.39, 0.29) is 12.3 Å². The molecule has 1 aromatic carbocycles. The van der Waals surface area contributed by atoms with E-state index in [0.717, 1.165) is 5.56 Å². The summed E-state index contributed by atoms with van der Waals surface area (Å²) < 4.78 is 10.9. The standard InChI is InChI=1S/C17H23NO5/c1-12-3-5-14(6-4-12)23-13(2)16(21)18-17(11-15(19)20)7-9-22-10-8-17/h3-6,13H,7-11H2,1-2H3,(H,18,21)(H,19,20). The van der Waals surface area contributed by atoms with Crippen LogP contribution in [0.2, 0.25) is 0 Å². The topological polar surface area (TPSA) is 84.9 Å². The van der Waals surface area contributed by atoms with Crippen LogP contribution >= 0.6 is 0 Å². The van der Waals surface area contributed by atoms with Crippen molar-refractivity contribution in [2.45, 2.75) is 44.8 Å². The molecule has 2 rings (SSSR count). The molecule has 0 bridgehead atoms. The van der Waals surface area contributed by atoms with Crippen molar-refractivity contribution in [3.63, 3.8) is 0 Å². The molecule has 0 aromatic heterocycles. The normalized spacial score (nSPS) is 18.0. The van der Waals surface area contributed by atoms with Gasteiger partial charge in [-0.3, -0.25) is 9.59 Å². The number of hydrogen-bond acceptors (Lipinski definition) is 4. The fourth-order valence-electron chi connectivity index (χ4n) is 2.64. The minimum Gasteiger partial charge on any atom is -0.481 e. The highest BCUT2D eigenvalue weighted by Crippen LogP contribution is 2.25. The zero-order valence-electron chi connectivity index (χ0n) is 13.5. The van der Waals surface area contributed by atoms with Crippen LogP contribution in [0, 0.1) is 6.92 Å². The fourth-order valence-corrected chi connectivity index (χ4v) is 2.64. The SMILES string of the molecule is Cc1ccc(OC(C)C(=O)NC2(CC(=O)O)CCOCC2)cc1. The number of benzene rings is 1. The molecule has 23 heavy (non-hydrogen) atoms. The molecule has 6 nitrogen and oxygen atoms in total. The number of aliphatic carboxylic acids is 1. The predicted octanol–water partition coefficient (Wildman–Crippen LogP) is 1.90. The predicted molar refractivity (Wildman–Crippen MR) is 84.4 cm³/mol. The van der Waals surface area contributed by atoms with Gasteiger partial charge in [-0.1, -0.05) is 17.7 Å². The molecule has 1 amide bonds. The number of carbonyl (C=O) groups is 2. The Bertz CT molecular complexity index is 549. The summed E-state index contributed by atoms with van der Waals surface area (Å²) in [7, 11) is 0. The molecule has 126 valence electrons. The number of rotatable bonds is 6. The Morgan fingerprint density at radius 1 is 1.30 bits per heavy atom. The van der Waals surface area contributed by atoms with E-state index in [1.807, 2.05) is 19.1 Å². The van der Waals surface area contributed by atoms with Gasteiger partial charge in [0.15, 0.2) is 6.10 Å². The van der Waals surface area contributed by atoms with Crippen LogP contribution in [0.25, 0.3) is 0 Å². The van der Waals surface area contributed by atoms with Crippen molar-refractivity contribution in [3.8, 4) is 5.75 Å². The van der Waals surface area contributed by atoms with Gasteiger partial charge in [-0.25, -0.2) is 0 Å². The first-order valence-electron chi connectivity index (χ1n) is 7.75. The van der Waals surface area contributed by atoms with Crippen LogP contribution in [-0.2, 0) is 14.3 Å². The summed E-state index contributed by atoms with van der Waals surface area (Å²) in [6.45, 7) is 4.52. The molecule has 6 heteroatoms. The zero-order chi connectivity index (χ0) is 16.9. The van der Waals surface area contributed by atoms with Crippen molar-refractivity contribution in [2.24, 2.45) is 0 Å². The molecule has 1 heterocycles. The number of nitrogens with one attached hydrogen (secondary N) is 1. The van der Waals surface area contributed by atoms with Crippen LogP contribution in [0.5, 0.6) is 5.75 Å². The van der Waals surface area contributed by atoms with Gasteiger partial charge < -0.3 is 19.9 Å². The van der Waals surface area contributed by atoms with Crippen molar-refractivity contribution >= 4 is 11.9 Å². The number of ether oxygens (including phenoxy) is 2. The largest absolute Gasteiger partial charge is 0.481 e. The molecule has 0 radical (unpaired) electrons. The highest BCUT2D eigenvalue weighted by atomic mass is 16.5. The minimum atomic E-state index is -0.931. The van der Waals surface area contributed by atoms with Gasteiger partial charge in [0, 0.05) is 13.2 Å². The fraction of sp³-hybridized carbons (Fsp3) is 0.529. The third-order valence-electron chi connectivity index (χ3n) is 4.03. The van der Waals surface area contributed by atoms with Crippen LogP contribution in [0.1, 0.15) is 31.7 Å². The average molecular weight is 321 g/mol. The van der Waals surface area contributed by atoms with Gasteiger partial charge in [-0.2, -0.15) is 0 Å². The van der Waals surface area contributed by atoms with E-state index in [1.54, 1.807) is 19.1 Å². The Hall–Kier alpha value is -2.08. The molecule has 1 aliphatic heterocycles. The molecule has 0 saturated carbocycles. The average Bonchev–Trinajstić information content (AvgIpc) is 2.49. The van der Waals surface area contributed by atoms with Crippen molar-refractivity contribution in [3.05, 3.63) is 29.8 Å². The third-order valence-corrected chi connectivity index (χ3v) is 4.03. The molecule has 1 atom stereocenters. The van der Waals surface area contributed by atoms with Gasteiger partial charge in [0.05, 0.1) is 12.0 Å². The lowest BCUT2D eigenvalue weighted by molar-refractivity contribution is -0.141. The molecule has 0 spiro atoms. The second kappa shape index (κ2) is 7.46. The number of carbonyl (C=O) groups excluding carboxylic acids is 1. The molecule has 1 aromatic rings. The number of aryl methyl sites for hydroxylation is 1. The van der Waals surface area contributed by atoms with E-state index >= 15 is 0 Å². The maximum absolute atomic E-state index is 12.4. The quantitative estimate of drug-likeness (QED) is 0.836. The monoisotopic (exact) mass is 321 g/mol. The summed E-state index contributed by atoms with van der Waals surface area (Å²) >= 11 is 0. The minimum absolute atomic E-state index is 0.112.